The monoisotopic (exact) mass is 410 g/mol. The molecule has 31 heavy (non-hydrogen) atoms. The molecule has 1 saturated heterocycles. The van der Waals surface area contributed by atoms with Crippen LogP contribution in [0.25, 0.3) is 0 Å². The topological polar surface area (TPSA) is 40.0 Å². The molecule has 3 aromatic rings. The van der Waals surface area contributed by atoms with E-state index < -0.39 is 0 Å². The Morgan fingerprint density at radius 3 is 1.90 bits per heavy atom. The van der Waals surface area contributed by atoms with Crippen LogP contribution in [0.1, 0.15) is 23.1 Å². The molecule has 1 aliphatic heterocycles. The van der Waals surface area contributed by atoms with Gasteiger partial charge in [-0.25, -0.2) is 0 Å². The summed E-state index contributed by atoms with van der Waals surface area (Å²) in [5, 5.41) is 3.79. The molecule has 4 heteroatoms. The van der Waals surface area contributed by atoms with Gasteiger partial charge in [0.1, 0.15) is 0 Å². The first kappa shape index (κ1) is 21.2. The molecule has 1 N–H and O–H groups in total. The number of rotatable bonds is 9. The van der Waals surface area contributed by atoms with E-state index >= 15 is 0 Å². The average Bonchev–Trinajstić information content (AvgIpc) is 3.25. The van der Waals surface area contributed by atoms with E-state index in [1.807, 2.05) is 48.8 Å². The van der Waals surface area contributed by atoms with E-state index in [-0.39, 0.29) is 5.66 Å². The summed E-state index contributed by atoms with van der Waals surface area (Å²) in [4.78, 5) is 11.9. The summed E-state index contributed by atoms with van der Waals surface area (Å²) in [5.41, 5.74) is 3.39. The molecule has 1 unspecified atom stereocenters. The Morgan fingerprint density at radius 2 is 1.29 bits per heavy atom. The van der Waals surface area contributed by atoms with Crippen molar-refractivity contribution in [1.82, 2.24) is 10.2 Å². The van der Waals surface area contributed by atoms with Crippen molar-refractivity contribution < 1.29 is 0 Å². The van der Waals surface area contributed by atoms with Crippen molar-refractivity contribution in [3.8, 4) is 0 Å². The van der Waals surface area contributed by atoms with Crippen molar-refractivity contribution in [3.63, 3.8) is 0 Å². The maximum Gasteiger partial charge on any atom is 0.0994 e. The lowest BCUT2D eigenvalue weighted by Crippen LogP contribution is -2.50. The molecule has 4 rings (SSSR count). The zero-order valence-corrected chi connectivity index (χ0v) is 17.9. The second-order valence-electron chi connectivity index (χ2n) is 7.78. The highest BCUT2D eigenvalue weighted by Gasteiger charge is 2.41. The van der Waals surface area contributed by atoms with Gasteiger partial charge in [-0.15, -0.1) is 0 Å². The van der Waals surface area contributed by atoms with Crippen LogP contribution in [0.2, 0.25) is 0 Å². The van der Waals surface area contributed by atoms with Crippen molar-refractivity contribution in [2.24, 2.45) is 9.98 Å². The zero-order valence-electron chi connectivity index (χ0n) is 17.9. The van der Waals surface area contributed by atoms with Crippen molar-refractivity contribution in [2.45, 2.75) is 12.1 Å². The Labute approximate surface area is 185 Å². The van der Waals surface area contributed by atoms with Gasteiger partial charge < -0.3 is 0 Å². The lowest BCUT2D eigenvalue weighted by atomic mass is 9.95. The summed E-state index contributed by atoms with van der Waals surface area (Å²) in [5.74, 6) is 0. The Hall–Kier alpha value is -3.08. The van der Waals surface area contributed by atoms with Crippen LogP contribution in [0.3, 0.4) is 0 Å². The molecule has 3 aromatic carbocycles. The fourth-order valence-corrected chi connectivity index (χ4v) is 4.22. The lowest BCUT2D eigenvalue weighted by Gasteiger charge is -2.38. The van der Waals surface area contributed by atoms with Gasteiger partial charge in [-0.2, -0.15) is 0 Å². The Bertz CT molecular complexity index is 970. The maximum absolute atomic E-state index is 4.72. The maximum atomic E-state index is 4.72. The van der Waals surface area contributed by atoms with Crippen molar-refractivity contribution >= 4 is 12.4 Å². The highest BCUT2D eigenvalue weighted by Crippen LogP contribution is 2.32. The zero-order chi connectivity index (χ0) is 21.2. The standard InChI is InChI=1S/C27H30N4/c1-4-10-24(11-5-1)22-28-17-16-27(26-14-8-3-9-15-26)30-19-21-31(27)20-18-29-23-25-12-6-2-7-13-25/h1-15,22-23,30H,16-21H2. The van der Waals surface area contributed by atoms with Crippen LogP contribution in [0.4, 0.5) is 0 Å². The van der Waals surface area contributed by atoms with E-state index in [0.29, 0.717) is 0 Å². The number of hydrogen-bond acceptors (Lipinski definition) is 4. The van der Waals surface area contributed by atoms with E-state index in [9.17, 15) is 0 Å². The molecule has 0 aromatic heterocycles. The predicted molar refractivity (Wildman–Crippen MR) is 130 cm³/mol. The van der Waals surface area contributed by atoms with Crippen LogP contribution in [0.5, 0.6) is 0 Å². The fraction of sp³-hybridized carbons (Fsp3) is 0.259. The minimum atomic E-state index is -0.197. The van der Waals surface area contributed by atoms with Crippen LogP contribution < -0.4 is 5.32 Å². The molecule has 0 bridgehead atoms. The third-order valence-electron chi connectivity index (χ3n) is 5.77. The first-order valence-corrected chi connectivity index (χ1v) is 11.0. The van der Waals surface area contributed by atoms with E-state index in [0.717, 1.165) is 50.3 Å². The number of benzene rings is 3. The summed E-state index contributed by atoms with van der Waals surface area (Å²) in [6.07, 6.45) is 4.86. The number of nitrogens with zero attached hydrogens (tertiary/aromatic N) is 3. The van der Waals surface area contributed by atoms with Crippen molar-refractivity contribution in [2.75, 3.05) is 32.7 Å². The van der Waals surface area contributed by atoms with E-state index in [1.54, 1.807) is 0 Å². The van der Waals surface area contributed by atoms with Crippen LogP contribution in [-0.4, -0.2) is 50.1 Å². The van der Waals surface area contributed by atoms with Crippen LogP contribution in [0, 0.1) is 0 Å². The summed E-state index contributed by atoms with van der Waals surface area (Å²) >= 11 is 0. The average molecular weight is 411 g/mol. The quantitative estimate of drug-likeness (QED) is 0.532. The smallest absolute Gasteiger partial charge is 0.0994 e. The van der Waals surface area contributed by atoms with Gasteiger partial charge in [-0.3, -0.25) is 20.2 Å². The predicted octanol–water partition coefficient (Wildman–Crippen LogP) is 4.37. The van der Waals surface area contributed by atoms with Gasteiger partial charge >= 0.3 is 0 Å². The van der Waals surface area contributed by atoms with E-state index in [1.165, 1.54) is 5.56 Å². The number of aliphatic imine (C=N–C) groups is 2. The fourth-order valence-electron chi connectivity index (χ4n) is 4.22. The summed E-state index contributed by atoms with van der Waals surface area (Å²) in [7, 11) is 0. The second kappa shape index (κ2) is 10.8. The molecule has 0 spiro atoms. The Kier molecular flexibility index (Phi) is 7.37. The van der Waals surface area contributed by atoms with Gasteiger partial charge in [0.25, 0.3) is 0 Å². The molecule has 0 radical (unpaired) electrons. The number of hydrogen-bond donors (Lipinski definition) is 1. The highest BCUT2D eigenvalue weighted by atomic mass is 15.4. The summed E-state index contributed by atoms with van der Waals surface area (Å²) in [6, 6.07) is 31.3. The highest BCUT2D eigenvalue weighted by molar-refractivity contribution is 5.79. The minimum Gasteiger partial charge on any atom is -0.294 e. The Morgan fingerprint density at radius 1 is 0.742 bits per heavy atom. The van der Waals surface area contributed by atoms with Crippen molar-refractivity contribution in [3.05, 3.63) is 108 Å². The van der Waals surface area contributed by atoms with Gasteiger partial charge in [0.2, 0.25) is 0 Å². The van der Waals surface area contributed by atoms with E-state index in [4.69, 9.17) is 4.99 Å². The van der Waals surface area contributed by atoms with E-state index in [2.05, 4.69) is 69.8 Å². The molecule has 0 amide bonds. The molecule has 1 heterocycles. The molecular formula is C27H30N4. The van der Waals surface area contributed by atoms with Gasteiger partial charge in [0.15, 0.2) is 0 Å². The summed E-state index contributed by atoms with van der Waals surface area (Å²) in [6.45, 7) is 4.44. The Balaban J connectivity index is 1.44. The molecule has 1 atom stereocenters. The summed E-state index contributed by atoms with van der Waals surface area (Å²) < 4.78 is 0. The third-order valence-corrected chi connectivity index (χ3v) is 5.77. The molecule has 4 nitrogen and oxygen atoms in total. The first-order valence-electron chi connectivity index (χ1n) is 11.0. The van der Waals surface area contributed by atoms with Crippen molar-refractivity contribution in [1.29, 1.82) is 0 Å². The lowest BCUT2D eigenvalue weighted by molar-refractivity contribution is 0.113. The van der Waals surface area contributed by atoms with Crippen LogP contribution in [-0.2, 0) is 5.66 Å². The van der Waals surface area contributed by atoms with Gasteiger partial charge in [-0.05, 0) is 16.7 Å². The molecular weight excluding hydrogens is 380 g/mol. The van der Waals surface area contributed by atoms with Crippen LogP contribution in [0.15, 0.2) is 101 Å². The molecule has 0 saturated carbocycles. The first-order chi connectivity index (χ1) is 15.4. The molecule has 1 aliphatic rings. The normalized spacial score (nSPS) is 19.5. The van der Waals surface area contributed by atoms with Gasteiger partial charge in [0.05, 0.1) is 12.2 Å². The second-order valence-corrected chi connectivity index (χ2v) is 7.78. The minimum absolute atomic E-state index is 0.197. The third kappa shape index (κ3) is 5.54. The van der Waals surface area contributed by atoms with Gasteiger partial charge in [-0.1, -0.05) is 91.0 Å². The SMILES string of the molecule is C(=NCCN1CCNC1(CCN=Cc1ccccc1)c1ccccc1)c1ccccc1. The molecule has 1 fully saturated rings. The largest absolute Gasteiger partial charge is 0.294 e. The number of nitrogens with one attached hydrogen (secondary N) is 1. The van der Waals surface area contributed by atoms with Gasteiger partial charge in [0, 0.05) is 45.0 Å². The van der Waals surface area contributed by atoms with Crippen LogP contribution >= 0.6 is 0 Å². The molecule has 158 valence electrons. The molecule has 0 aliphatic carbocycles.